The predicted molar refractivity (Wildman–Crippen MR) is 247 cm³/mol. The van der Waals surface area contributed by atoms with E-state index in [1.165, 1.54) is 64.6 Å². The SMILES string of the molecule is CC1(C)c2ccccc2-c2cccc(N(c3ccc(-c4cccc5c4sc4ccccc45)cc3)c3ccccc3-c3cccc4oc5c6ccccc6ccc5c34)c21. The molecule has 12 rings (SSSR count). The summed E-state index contributed by atoms with van der Waals surface area (Å²) in [5, 5.41) is 7.20. The van der Waals surface area contributed by atoms with E-state index < -0.39 is 0 Å². The first kappa shape index (κ1) is 33.2. The van der Waals surface area contributed by atoms with E-state index in [-0.39, 0.29) is 5.41 Å². The Kier molecular flexibility index (Phi) is 7.18. The van der Waals surface area contributed by atoms with Gasteiger partial charge in [0.25, 0.3) is 0 Å². The van der Waals surface area contributed by atoms with Gasteiger partial charge in [0, 0.05) is 53.0 Å². The molecule has 0 spiro atoms. The molecule has 11 aromatic rings. The first-order valence-electron chi connectivity index (χ1n) is 20.0. The average molecular weight is 760 g/mol. The highest BCUT2D eigenvalue weighted by molar-refractivity contribution is 7.26. The highest BCUT2D eigenvalue weighted by Crippen LogP contribution is 2.55. The molecular formula is C55H37NOS. The molecule has 0 amide bonds. The van der Waals surface area contributed by atoms with Crippen LogP contribution in [0.3, 0.4) is 0 Å². The standard InChI is InChI=1S/C55H37NOS/c1-55(2)46-23-8-5-16-39(46)43-21-12-25-48(52(43)55)56(36-31-28-35(29-32-36)38-19-11-22-44-41-18-7-10-27-50(41)58-54(38)44)47-24-9-6-17-40(47)42-20-13-26-49-51(42)45-33-30-34-14-3-4-15-37(34)53(45)57-49/h3-33H,1-2H3. The Morgan fingerprint density at radius 2 is 1.12 bits per heavy atom. The first-order chi connectivity index (χ1) is 28.5. The average Bonchev–Trinajstić information content (AvgIpc) is 3.93. The molecule has 0 aliphatic heterocycles. The zero-order valence-corrected chi connectivity index (χ0v) is 33.0. The van der Waals surface area contributed by atoms with Crippen molar-refractivity contribution in [1.29, 1.82) is 0 Å². The van der Waals surface area contributed by atoms with Gasteiger partial charge in [-0.25, -0.2) is 0 Å². The van der Waals surface area contributed by atoms with Gasteiger partial charge in [-0.05, 0) is 86.8 Å². The van der Waals surface area contributed by atoms with Crippen LogP contribution in [-0.2, 0) is 5.41 Å². The minimum Gasteiger partial charge on any atom is -0.455 e. The lowest BCUT2D eigenvalue weighted by Crippen LogP contribution is -2.21. The second-order valence-corrected chi connectivity index (χ2v) is 17.0. The molecule has 0 N–H and O–H groups in total. The third-order valence-corrected chi connectivity index (χ3v) is 13.7. The molecule has 0 fully saturated rings. The number of rotatable bonds is 5. The minimum absolute atomic E-state index is 0.214. The maximum Gasteiger partial charge on any atom is 0.143 e. The smallest absolute Gasteiger partial charge is 0.143 e. The number of furan rings is 1. The molecule has 0 bridgehead atoms. The molecule has 0 unspecified atom stereocenters. The summed E-state index contributed by atoms with van der Waals surface area (Å²) < 4.78 is 9.36. The third-order valence-electron chi connectivity index (χ3n) is 12.5. The summed E-state index contributed by atoms with van der Waals surface area (Å²) >= 11 is 1.88. The number of fused-ring (bicyclic) bond motifs is 11. The number of thiophene rings is 1. The maximum absolute atomic E-state index is 6.71. The van der Waals surface area contributed by atoms with Crippen molar-refractivity contribution in [1.82, 2.24) is 0 Å². The molecule has 1 aliphatic carbocycles. The Labute approximate surface area is 340 Å². The molecule has 58 heavy (non-hydrogen) atoms. The zero-order valence-electron chi connectivity index (χ0n) is 32.2. The maximum atomic E-state index is 6.71. The molecule has 0 radical (unpaired) electrons. The van der Waals surface area contributed by atoms with E-state index >= 15 is 0 Å². The van der Waals surface area contributed by atoms with Crippen LogP contribution in [0, 0.1) is 0 Å². The first-order valence-corrected chi connectivity index (χ1v) is 20.8. The third kappa shape index (κ3) is 4.77. The minimum atomic E-state index is -0.214. The summed E-state index contributed by atoms with van der Waals surface area (Å²) in [5.41, 5.74) is 15.1. The van der Waals surface area contributed by atoms with E-state index in [1.54, 1.807) is 0 Å². The van der Waals surface area contributed by atoms with Gasteiger partial charge in [-0.2, -0.15) is 0 Å². The predicted octanol–water partition coefficient (Wildman–Crippen LogP) is 16.2. The van der Waals surface area contributed by atoms with Crippen LogP contribution in [0.1, 0.15) is 25.0 Å². The number of hydrogen-bond acceptors (Lipinski definition) is 3. The normalized spacial score (nSPS) is 13.1. The van der Waals surface area contributed by atoms with Gasteiger partial charge >= 0.3 is 0 Å². The Hall–Kier alpha value is -6.94. The molecule has 3 heteroatoms. The molecule has 0 saturated heterocycles. The van der Waals surface area contributed by atoms with Crippen molar-refractivity contribution in [3.63, 3.8) is 0 Å². The Morgan fingerprint density at radius 1 is 0.466 bits per heavy atom. The lowest BCUT2D eigenvalue weighted by Gasteiger charge is -2.33. The Balaban J connectivity index is 1.09. The van der Waals surface area contributed by atoms with Gasteiger partial charge in [0.05, 0.1) is 11.4 Å². The summed E-state index contributed by atoms with van der Waals surface area (Å²) in [6.45, 7) is 4.76. The van der Waals surface area contributed by atoms with Crippen molar-refractivity contribution in [2.24, 2.45) is 0 Å². The summed E-state index contributed by atoms with van der Waals surface area (Å²) in [7, 11) is 0. The fraction of sp³-hybridized carbons (Fsp3) is 0.0545. The number of anilines is 3. The molecule has 2 aromatic heterocycles. The molecule has 9 aromatic carbocycles. The summed E-state index contributed by atoms with van der Waals surface area (Å²) in [6.07, 6.45) is 0. The Bertz CT molecular complexity index is 3440. The van der Waals surface area contributed by atoms with Crippen molar-refractivity contribution in [3.05, 3.63) is 199 Å². The van der Waals surface area contributed by atoms with Gasteiger partial charge < -0.3 is 9.32 Å². The topological polar surface area (TPSA) is 16.4 Å². The highest BCUT2D eigenvalue weighted by Gasteiger charge is 2.39. The molecule has 0 atom stereocenters. The lowest BCUT2D eigenvalue weighted by molar-refractivity contribution is 0.661. The zero-order chi connectivity index (χ0) is 38.5. The van der Waals surface area contributed by atoms with E-state index in [4.69, 9.17) is 4.42 Å². The summed E-state index contributed by atoms with van der Waals surface area (Å²) in [4.78, 5) is 2.50. The van der Waals surface area contributed by atoms with Crippen LogP contribution < -0.4 is 4.90 Å². The fourth-order valence-electron chi connectivity index (χ4n) is 9.85. The molecular weight excluding hydrogens is 723 g/mol. The van der Waals surface area contributed by atoms with Crippen LogP contribution >= 0.6 is 11.3 Å². The monoisotopic (exact) mass is 759 g/mol. The van der Waals surface area contributed by atoms with Crippen LogP contribution in [0.4, 0.5) is 17.1 Å². The number of nitrogens with zero attached hydrogens (tertiary/aromatic N) is 1. The van der Waals surface area contributed by atoms with Crippen molar-refractivity contribution in [2.45, 2.75) is 19.3 Å². The van der Waals surface area contributed by atoms with Gasteiger partial charge in [0.1, 0.15) is 11.2 Å². The molecule has 1 aliphatic rings. The van der Waals surface area contributed by atoms with E-state index in [9.17, 15) is 0 Å². The summed E-state index contributed by atoms with van der Waals surface area (Å²) in [5.74, 6) is 0. The van der Waals surface area contributed by atoms with Crippen molar-refractivity contribution < 1.29 is 4.42 Å². The molecule has 2 heterocycles. The van der Waals surface area contributed by atoms with Gasteiger partial charge in [-0.15, -0.1) is 11.3 Å². The van der Waals surface area contributed by atoms with Crippen molar-refractivity contribution >= 4 is 81.3 Å². The van der Waals surface area contributed by atoms with Crippen LogP contribution in [0.5, 0.6) is 0 Å². The van der Waals surface area contributed by atoms with Crippen LogP contribution in [0.2, 0.25) is 0 Å². The number of para-hydroxylation sites is 1. The second-order valence-electron chi connectivity index (χ2n) is 16.0. The van der Waals surface area contributed by atoms with Crippen molar-refractivity contribution in [3.8, 4) is 33.4 Å². The quantitative estimate of drug-likeness (QED) is 0.174. The Morgan fingerprint density at radius 3 is 2.02 bits per heavy atom. The molecule has 2 nitrogen and oxygen atoms in total. The number of benzene rings is 9. The van der Waals surface area contributed by atoms with Gasteiger partial charge in [-0.3, -0.25) is 0 Å². The molecule has 0 saturated carbocycles. The van der Waals surface area contributed by atoms with Crippen LogP contribution in [0.25, 0.3) is 86.3 Å². The van der Waals surface area contributed by atoms with E-state index in [2.05, 4.69) is 207 Å². The largest absolute Gasteiger partial charge is 0.455 e. The van der Waals surface area contributed by atoms with Crippen molar-refractivity contribution in [2.75, 3.05) is 4.90 Å². The molecule has 274 valence electrons. The lowest BCUT2D eigenvalue weighted by atomic mass is 9.81. The fourth-order valence-corrected chi connectivity index (χ4v) is 11.1. The summed E-state index contributed by atoms with van der Waals surface area (Å²) in [6, 6.07) is 68.8. The highest BCUT2D eigenvalue weighted by atomic mass is 32.1. The van der Waals surface area contributed by atoms with Gasteiger partial charge in [0.15, 0.2) is 0 Å². The van der Waals surface area contributed by atoms with E-state index in [0.717, 1.165) is 49.8 Å². The van der Waals surface area contributed by atoms with Gasteiger partial charge in [0.2, 0.25) is 0 Å². The number of hydrogen-bond donors (Lipinski definition) is 0. The van der Waals surface area contributed by atoms with Crippen LogP contribution in [0.15, 0.2) is 192 Å². The van der Waals surface area contributed by atoms with E-state index in [1.807, 2.05) is 11.3 Å². The van der Waals surface area contributed by atoms with Crippen LogP contribution in [-0.4, -0.2) is 0 Å². The van der Waals surface area contributed by atoms with E-state index in [0.29, 0.717) is 0 Å². The second kappa shape index (κ2) is 12.5. The van der Waals surface area contributed by atoms with Gasteiger partial charge in [-0.1, -0.05) is 159 Å².